The molecule has 0 radical (unpaired) electrons. The van der Waals surface area contributed by atoms with E-state index < -0.39 is 0 Å². The highest BCUT2D eigenvalue weighted by molar-refractivity contribution is 7.22. The largest absolute Gasteiger partial charge is 0.481 e. The van der Waals surface area contributed by atoms with Crippen LogP contribution >= 0.6 is 11.3 Å². The first-order valence-corrected chi connectivity index (χ1v) is 13.9. The molecular weight excluding hydrogens is 492 g/mol. The van der Waals surface area contributed by atoms with Crippen molar-refractivity contribution in [1.82, 2.24) is 9.97 Å². The molecule has 1 aliphatic rings. The molecule has 1 saturated heterocycles. The predicted octanol–water partition coefficient (Wildman–Crippen LogP) is 6.63. The minimum absolute atomic E-state index is 0.106. The van der Waals surface area contributed by atoms with Crippen molar-refractivity contribution in [3.05, 3.63) is 90.0 Å². The molecule has 38 heavy (non-hydrogen) atoms. The third kappa shape index (κ3) is 5.48. The highest BCUT2D eigenvalue weighted by Crippen LogP contribution is 2.30. The molecule has 5 aromatic rings. The van der Waals surface area contributed by atoms with E-state index in [-0.39, 0.29) is 12.5 Å². The third-order valence-electron chi connectivity index (χ3n) is 7.12. The molecule has 3 heterocycles. The first-order valence-electron chi connectivity index (χ1n) is 13.1. The number of benzene rings is 3. The fourth-order valence-electron chi connectivity index (χ4n) is 5.10. The summed E-state index contributed by atoms with van der Waals surface area (Å²) >= 11 is 1.47. The van der Waals surface area contributed by atoms with E-state index in [0.29, 0.717) is 16.8 Å². The maximum absolute atomic E-state index is 12.6. The normalized spacial score (nSPS) is 14.2. The number of aryl methyl sites for hydroxylation is 1. The predicted molar refractivity (Wildman–Crippen MR) is 155 cm³/mol. The zero-order valence-corrected chi connectivity index (χ0v) is 22.2. The molecule has 0 unspecified atom stereocenters. The van der Waals surface area contributed by atoms with Crippen molar-refractivity contribution >= 4 is 49.3 Å². The van der Waals surface area contributed by atoms with Gasteiger partial charge >= 0.3 is 0 Å². The maximum Gasteiger partial charge on any atom is 0.264 e. The zero-order valence-electron chi connectivity index (χ0n) is 21.4. The summed E-state index contributed by atoms with van der Waals surface area (Å²) in [5, 5.41) is 4.44. The van der Waals surface area contributed by atoms with E-state index in [1.165, 1.54) is 22.5 Å². The van der Waals surface area contributed by atoms with Crippen LogP contribution in [-0.2, 0) is 11.2 Å². The van der Waals surface area contributed by atoms with Crippen LogP contribution in [0.4, 0.5) is 10.9 Å². The van der Waals surface area contributed by atoms with Gasteiger partial charge in [0.2, 0.25) is 0 Å². The Labute approximate surface area is 226 Å². The van der Waals surface area contributed by atoms with Crippen LogP contribution in [0.25, 0.3) is 21.1 Å². The number of piperidine rings is 1. The fourth-order valence-corrected chi connectivity index (χ4v) is 6.08. The molecule has 2 aromatic heterocycles. The zero-order chi connectivity index (χ0) is 25.9. The number of amides is 1. The van der Waals surface area contributed by atoms with Crippen LogP contribution in [0.3, 0.4) is 0 Å². The van der Waals surface area contributed by atoms with Crippen LogP contribution in [0.15, 0.2) is 78.9 Å². The van der Waals surface area contributed by atoms with Gasteiger partial charge in [-0.1, -0.05) is 59.9 Å². The van der Waals surface area contributed by atoms with Crippen molar-refractivity contribution in [1.29, 1.82) is 0 Å². The number of hydrogen-bond acceptors (Lipinski definition) is 6. The third-order valence-corrected chi connectivity index (χ3v) is 8.06. The van der Waals surface area contributed by atoms with Gasteiger partial charge in [-0.05, 0) is 73.6 Å². The molecule has 1 aliphatic heterocycles. The molecule has 0 atom stereocenters. The van der Waals surface area contributed by atoms with Crippen molar-refractivity contribution in [2.24, 2.45) is 5.92 Å². The number of thiazole rings is 1. The van der Waals surface area contributed by atoms with Crippen LogP contribution < -0.4 is 15.0 Å². The molecule has 1 N–H and O–H groups in total. The van der Waals surface area contributed by atoms with Gasteiger partial charge in [0.15, 0.2) is 11.7 Å². The van der Waals surface area contributed by atoms with Gasteiger partial charge < -0.3 is 9.64 Å². The number of hydrogen-bond donors (Lipinski definition) is 1. The van der Waals surface area contributed by atoms with Gasteiger partial charge in [-0.2, -0.15) is 0 Å². The lowest BCUT2D eigenvalue weighted by molar-refractivity contribution is -0.118. The summed E-state index contributed by atoms with van der Waals surface area (Å²) in [6.45, 7) is 3.92. The molecule has 0 spiro atoms. The summed E-state index contributed by atoms with van der Waals surface area (Å²) in [6.07, 6.45) is 3.44. The number of fused-ring (bicyclic) bond motifs is 2. The second-order valence-electron chi connectivity index (χ2n) is 9.94. The Hall–Kier alpha value is -3.97. The average molecular weight is 523 g/mol. The van der Waals surface area contributed by atoms with Crippen LogP contribution in [-0.4, -0.2) is 35.6 Å². The van der Waals surface area contributed by atoms with E-state index in [0.717, 1.165) is 59.3 Å². The molecule has 192 valence electrons. The number of ether oxygens (including phenoxy) is 1. The molecular formula is C31H30N4O2S. The SMILES string of the molecule is Cc1ccc2nc(NC(=O)COc3cccc4ccc(N5CCC(Cc6ccccc6)CC5)nc34)sc2c1. The number of aromatic nitrogens is 2. The molecule has 1 fully saturated rings. The lowest BCUT2D eigenvalue weighted by Gasteiger charge is -2.33. The summed E-state index contributed by atoms with van der Waals surface area (Å²) in [5.74, 6) is 2.03. The Morgan fingerprint density at radius 3 is 2.68 bits per heavy atom. The number of pyridine rings is 1. The molecule has 7 heteroatoms. The van der Waals surface area contributed by atoms with Gasteiger partial charge in [-0.15, -0.1) is 0 Å². The molecule has 6 nitrogen and oxygen atoms in total. The van der Waals surface area contributed by atoms with E-state index in [4.69, 9.17) is 9.72 Å². The number of carbonyl (C=O) groups excluding carboxylic acids is 1. The number of anilines is 2. The Kier molecular flexibility index (Phi) is 6.92. The van der Waals surface area contributed by atoms with Crippen molar-refractivity contribution < 1.29 is 9.53 Å². The Balaban J connectivity index is 1.10. The van der Waals surface area contributed by atoms with Gasteiger partial charge in [-0.3, -0.25) is 10.1 Å². The monoisotopic (exact) mass is 522 g/mol. The Morgan fingerprint density at radius 2 is 1.84 bits per heavy atom. The summed E-state index contributed by atoms with van der Waals surface area (Å²) in [7, 11) is 0. The maximum atomic E-state index is 12.6. The quantitative estimate of drug-likeness (QED) is 0.260. The molecule has 3 aromatic carbocycles. The lowest BCUT2D eigenvalue weighted by Crippen LogP contribution is -2.34. The lowest BCUT2D eigenvalue weighted by atomic mass is 9.90. The van der Waals surface area contributed by atoms with Gasteiger partial charge in [0.05, 0.1) is 10.2 Å². The summed E-state index contributed by atoms with van der Waals surface area (Å²) in [6, 6.07) is 26.8. The minimum Gasteiger partial charge on any atom is -0.481 e. The van der Waals surface area contributed by atoms with E-state index in [2.05, 4.69) is 63.7 Å². The smallest absolute Gasteiger partial charge is 0.264 e. The van der Waals surface area contributed by atoms with Crippen LogP contribution in [0.5, 0.6) is 5.75 Å². The minimum atomic E-state index is -0.241. The van der Waals surface area contributed by atoms with Crippen LogP contribution in [0, 0.1) is 12.8 Å². The average Bonchev–Trinajstić information content (AvgIpc) is 3.33. The number of rotatable bonds is 7. The van der Waals surface area contributed by atoms with Crippen molar-refractivity contribution in [3.63, 3.8) is 0 Å². The molecule has 0 saturated carbocycles. The topological polar surface area (TPSA) is 67.3 Å². The first-order chi connectivity index (χ1) is 18.6. The van der Waals surface area contributed by atoms with Crippen LogP contribution in [0.1, 0.15) is 24.0 Å². The summed E-state index contributed by atoms with van der Waals surface area (Å²) < 4.78 is 7.01. The summed E-state index contributed by atoms with van der Waals surface area (Å²) in [5.41, 5.74) is 4.24. The number of carbonyl (C=O) groups is 1. The van der Waals surface area contributed by atoms with Crippen molar-refractivity contribution in [3.8, 4) is 5.75 Å². The van der Waals surface area contributed by atoms with E-state index in [1.807, 2.05) is 37.3 Å². The molecule has 0 aliphatic carbocycles. The van der Waals surface area contributed by atoms with Crippen molar-refractivity contribution in [2.45, 2.75) is 26.2 Å². The van der Waals surface area contributed by atoms with Crippen molar-refractivity contribution in [2.75, 3.05) is 29.9 Å². The van der Waals surface area contributed by atoms with Crippen LogP contribution in [0.2, 0.25) is 0 Å². The fraction of sp³-hybridized carbons (Fsp3) is 0.258. The molecule has 0 bridgehead atoms. The first kappa shape index (κ1) is 24.4. The van der Waals surface area contributed by atoms with Gasteiger partial charge in [0.1, 0.15) is 17.1 Å². The second-order valence-corrected chi connectivity index (χ2v) is 11.0. The number of nitrogens with one attached hydrogen (secondary N) is 1. The Bertz CT molecular complexity index is 1580. The highest BCUT2D eigenvalue weighted by atomic mass is 32.1. The van der Waals surface area contributed by atoms with Gasteiger partial charge in [-0.25, -0.2) is 9.97 Å². The molecule has 1 amide bonds. The van der Waals surface area contributed by atoms with E-state index in [1.54, 1.807) is 0 Å². The van der Waals surface area contributed by atoms with E-state index in [9.17, 15) is 4.79 Å². The summed E-state index contributed by atoms with van der Waals surface area (Å²) in [4.78, 5) is 24.5. The second kappa shape index (κ2) is 10.8. The highest BCUT2D eigenvalue weighted by Gasteiger charge is 2.21. The number of nitrogens with zero attached hydrogens (tertiary/aromatic N) is 3. The van der Waals surface area contributed by atoms with Gasteiger partial charge in [0.25, 0.3) is 5.91 Å². The Morgan fingerprint density at radius 1 is 1.00 bits per heavy atom. The van der Waals surface area contributed by atoms with Gasteiger partial charge in [0, 0.05) is 18.5 Å². The van der Waals surface area contributed by atoms with E-state index >= 15 is 0 Å². The number of para-hydroxylation sites is 1. The standard InChI is InChI=1S/C31H30N4O2S/c1-21-10-12-25-27(18-21)38-31(32-25)34-29(36)20-37-26-9-5-8-24-11-13-28(33-30(24)26)35-16-14-23(15-17-35)19-22-6-3-2-4-7-22/h2-13,18,23H,14-17,19-20H2,1H3,(H,32,34,36). The molecule has 6 rings (SSSR count).